The minimum Gasteiger partial charge on any atom is -0.497 e. The van der Waals surface area contributed by atoms with E-state index in [0.717, 1.165) is 22.3 Å². The molecule has 0 aliphatic carbocycles. The summed E-state index contributed by atoms with van der Waals surface area (Å²) in [6, 6.07) is 14.7. The lowest BCUT2D eigenvalue weighted by Crippen LogP contribution is -2.11. The molecule has 0 saturated heterocycles. The van der Waals surface area contributed by atoms with Crippen LogP contribution in [0.4, 0.5) is 5.69 Å². The number of anilines is 1. The zero-order valence-electron chi connectivity index (χ0n) is 10.5. The van der Waals surface area contributed by atoms with E-state index in [0.29, 0.717) is 5.56 Å². The van der Waals surface area contributed by atoms with Crippen molar-refractivity contribution in [2.24, 2.45) is 0 Å². The summed E-state index contributed by atoms with van der Waals surface area (Å²) in [7, 11) is 1.60. The zero-order chi connectivity index (χ0) is 13.7. The molecule has 0 bridgehead atoms. The number of methoxy groups -OCH3 is 1. The summed E-state index contributed by atoms with van der Waals surface area (Å²) in [6.07, 6.45) is 0. The van der Waals surface area contributed by atoms with Crippen LogP contribution < -0.4 is 10.1 Å². The summed E-state index contributed by atoms with van der Waals surface area (Å²) < 4.78 is 5.06. The standard InChI is InChI=1S/C15H14BrNO2/c1-19-14-7-5-12(6-8-14)15(18)17-13-4-2-3-11(9-13)10-16/h2-9H,10H2,1H3,(H,17,18). The Bertz CT molecular complexity index is 567. The number of hydrogen-bond donors (Lipinski definition) is 1. The lowest BCUT2D eigenvalue weighted by atomic mass is 10.2. The second kappa shape index (κ2) is 6.38. The van der Waals surface area contributed by atoms with Crippen LogP contribution in [-0.4, -0.2) is 13.0 Å². The molecule has 2 aromatic carbocycles. The smallest absolute Gasteiger partial charge is 0.255 e. The molecule has 0 fully saturated rings. The lowest BCUT2D eigenvalue weighted by Gasteiger charge is -2.07. The fourth-order valence-electron chi connectivity index (χ4n) is 1.68. The van der Waals surface area contributed by atoms with Crippen molar-refractivity contribution < 1.29 is 9.53 Å². The van der Waals surface area contributed by atoms with Crippen molar-refractivity contribution >= 4 is 27.5 Å². The molecule has 1 amide bonds. The predicted octanol–water partition coefficient (Wildman–Crippen LogP) is 3.84. The van der Waals surface area contributed by atoms with Gasteiger partial charge in [0.1, 0.15) is 5.75 Å². The molecule has 98 valence electrons. The summed E-state index contributed by atoms with van der Waals surface area (Å²) in [6.45, 7) is 0. The van der Waals surface area contributed by atoms with Crippen LogP contribution in [0, 0.1) is 0 Å². The topological polar surface area (TPSA) is 38.3 Å². The van der Waals surface area contributed by atoms with Gasteiger partial charge in [0.25, 0.3) is 5.91 Å². The van der Waals surface area contributed by atoms with E-state index in [9.17, 15) is 4.79 Å². The molecule has 0 saturated carbocycles. The number of nitrogens with one attached hydrogen (secondary N) is 1. The first kappa shape index (κ1) is 13.6. The number of hydrogen-bond acceptors (Lipinski definition) is 2. The van der Waals surface area contributed by atoms with Gasteiger partial charge in [-0.05, 0) is 42.0 Å². The molecule has 0 aliphatic rings. The summed E-state index contributed by atoms with van der Waals surface area (Å²) in [5.74, 6) is 0.604. The molecular weight excluding hydrogens is 306 g/mol. The van der Waals surface area contributed by atoms with Gasteiger partial charge >= 0.3 is 0 Å². The fourth-order valence-corrected chi connectivity index (χ4v) is 2.03. The molecule has 19 heavy (non-hydrogen) atoms. The third-order valence-electron chi connectivity index (χ3n) is 2.69. The molecule has 1 N–H and O–H groups in total. The highest BCUT2D eigenvalue weighted by atomic mass is 79.9. The largest absolute Gasteiger partial charge is 0.497 e. The molecule has 0 aliphatic heterocycles. The van der Waals surface area contributed by atoms with E-state index in [1.807, 2.05) is 24.3 Å². The third kappa shape index (κ3) is 3.58. The van der Waals surface area contributed by atoms with E-state index in [2.05, 4.69) is 21.2 Å². The van der Waals surface area contributed by atoms with Gasteiger partial charge in [0.2, 0.25) is 0 Å². The van der Waals surface area contributed by atoms with Gasteiger partial charge in [-0.3, -0.25) is 4.79 Å². The number of rotatable bonds is 4. The number of alkyl halides is 1. The second-order valence-corrected chi connectivity index (χ2v) is 4.58. The van der Waals surface area contributed by atoms with Crippen LogP contribution in [0.3, 0.4) is 0 Å². The first-order valence-electron chi connectivity index (χ1n) is 5.83. The average molecular weight is 320 g/mol. The number of carbonyl (C=O) groups is 1. The maximum Gasteiger partial charge on any atom is 0.255 e. The maximum absolute atomic E-state index is 12.0. The van der Waals surface area contributed by atoms with Crippen molar-refractivity contribution in [1.82, 2.24) is 0 Å². The van der Waals surface area contributed by atoms with Crippen molar-refractivity contribution in [3.05, 3.63) is 59.7 Å². The summed E-state index contributed by atoms with van der Waals surface area (Å²) in [5, 5.41) is 3.63. The summed E-state index contributed by atoms with van der Waals surface area (Å²) in [5.41, 5.74) is 2.51. The molecule has 0 heterocycles. The van der Waals surface area contributed by atoms with Gasteiger partial charge in [0.15, 0.2) is 0 Å². The maximum atomic E-state index is 12.0. The Kier molecular flexibility index (Phi) is 4.58. The van der Waals surface area contributed by atoms with Crippen LogP contribution in [0.15, 0.2) is 48.5 Å². The van der Waals surface area contributed by atoms with Gasteiger partial charge in [0, 0.05) is 16.6 Å². The molecule has 0 atom stereocenters. The Morgan fingerprint density at radius 2 is 1.95 bits per heavy atom. The van der Waals surface area contributed by atoms with Gasteiger partial charge in [-0.1, -0.05) is 28.1 Å². The van der Waals surface area contributed by atoms with E-state index < -0.39 is 0 Å². The minimum atomic E-state index is -0.130. The average Bonchev–Trinajstić information content (AvgIpc) is 2.47. The monoisotopic (exact) mass is 319 g/mol. The molecule has 0 unspecified atom stereocenters. The zero-order valence-corrected chi connectivity index (χ0v) is 12.1. The second-order valence-electron chi connectivity index (χ2n) is 4.02. The van der Waals surface area contributed by atoms with Gasteiger partial charge in [-0.2, -0.15) is 0 Å². The number of amides is 1. The van der Waals surface area contributed by atoms with Crippen molar-refractivity contribution in [3.8, 4) is 5.75 Å². The van der Waals surface area contributed by atoms with Gasteiger partial charge < -0.3 is 10.1 Å². The van der Waals surface area contributed by atoms with Crippen LogP contribution in [0.2, 0.25) is 0 Å². The van der Waals surface area contributed by atoms with E-state index in [-0.39, 0.29) is 5.91 Å². The van der Waals surface area contributed by atoms with E-state index >= 15 is 0 Å². The van der Waals surface area contributed by atoms with Crippen LogP contribution >= 0.6 is 15.9 Å². The number of carbonyl (C=O) groups excluding carboxylic acids is 1. The molecule has 2 aromatic rings. The highest BCUT2D eigenvalue weighted by Gasteiger charge is 2.06. The highest BCUT2D eigenvalue weighted by molar-refractivity contribution is 9.08. The van der Waals surface area contributed by atoms with Crippen molar-refractivity contribution in [3.63, 3.8) is 0 Å². The Morgan fingerprint density at radius 3 is 2.58 bits per heavy atom. The Hall–Kier alpha value is -1.81. The molecule has 2 rings (SSSR count). The van der Waals surface area contributed by atoms with E-state index in [1.54, 1.807) is 31.4 Å². The third-order valence-corrected chi connectivity index (χ3v) is 3.34. The van der Waals surface area contributed by atoms with E-state index in [1.165, 1.54) is 0 Å². The van der Waals surface area contributed by atoms with Crippen LogP contribution in [0.1, 0.15) is 15.9 Å². The van der Waals surface area contributed by atoms with Gasteiger partial charge in [0.05, 0.1) is 7.11 Å². The Labute approximate surface area is 120 Å². The Balaban J connectivity index is 2.11. The first-order chi connectivity index (χ1) is 9.22. The number of benzene rings is 2. The normalized spacial score (nSPS) is 10.0. The number of halogens is 1. The molecule has 3 nitrogen and oxygen atoms in total. The first-order valence-corrected chi connectivity index (χ1v) is 6.95. The van der Waals surface area contributed by atoms with Crippen molar-refractivity contribution in [2.75, 3.05) is 12.4 Å². The highest BCUT2D eigenvalue weighted by Crippen LogP contribution is 2.16. The van der Waals surface area contributed by atoms with Crippen LogP contribution in [0.5, 0.6) is 5.75 Å². The quantitative estimate of drug-likeness (QED) is 0.869. The molecule has 4 heteroatoms. The van der Waals surface area contributed by atoms with Crippen molar-refractivity contribution in [2.45, 2.75) is 5.33 Å². The minimum absolute atomic E-state index is 0.130. The lowest BCUT2D eigenvalue weighted by molar-refractivity contribution is 0.102. The molecular formula is C15H14BrNO2. The molecule has 0 aromatic heterocycles. The van der Waals surface area contributed by atoms with E-state index in [4.69, 9.17) is 4.74 Å². The van der Waals surface area contributed by atoms with Gasteiger partial charge in [-0.15, -0.1) is 0 Å². The fraction of sp³-hybridized carbons (Fsp3) is 0.133. The van der Waals surface area contributed by atoms with Gasteiger partial charge in [-0.25, -0.2) is 0 Å². The number of ether oxygens (including phenoxy) is 1. The van der Waals surface area contributed by atoms with Crippen LogP contribution in [0.25, 0.3) is 0 Å². The molecule has 0 spiro atoms. The predicted molar refractivity (Wildman–Crippen MR) is 80.0 cm³/mol. The van der Waals surface area contributed by atoms with Crippen molar-refractivity contribution in [1.29, 1.82) is 0 Å². The SMILES string of the molecule is COc1ccc(C(=O)Nc2cccc(CBr)c2)cc1. The molecule has 0 radical (unpaired) electrons. The summed E-state index contributed by atoms with van der Waals surface area (Å²) >= 11 is 3.39. The Morgan fingerprint density at radius 1 is 1.21 bits per heavy atom. The van der Waals surface area contributed by atoms with Crippen LogP contribution in [-0.2, 0) is 5.33 Å². The summed E-state index contributed by atoms with van der Waals surface area (Å²) in [4.78, 5) is 12.0.